The van der Waals surface area contributed by atoms with Crippen LogP contribution in [0.5, 0.6) is 0 Å². The Morgan fingerprint density at radius 1 is 1.20 bits per heavy atom. The van der Waals surface area contributed by atoms with Gasteiger partial charge in [0.2, 0.25) is 11.9 Å². The topological polar surface area (TPSA) is 77.6 Å². The minimum absolute atomic E-state index is 0.00983. The quantitative estimate of drug-likeness (QED) is 0.588. The predicted octanol–water partition coefficient (Wildman–Crippen LogP) is 3.85. The van der Waals surface area contributed by atoms with E-state index in [4.69, 9.17) is 11.6 Å². The van der Waals surface area contributed by atoms with Gasteiger partial charge in [0.1, 0.15) is 18.7 Å². The molecule has 158 valence electrons. The highest BCUT2D eigenvalue weighted by Crippen LogP contribution is 2.46. The fourth-order valence-electron chi connectivity index (χ4n) is 3.01. The van der Waals surface area contributed by atoms with Gasteiger partial charge in [0.05, 0.1) is 17.3 Å². The molecular formula is C18H15ClF4N6O. The van der Waals surface area contributed by atoms with Crippen molar-refractivity contribution in [2.75, 3.05) is 5.32 Å². The molecule has 1 aliphatic rings. The summed E-state index contributed by atoms with van der Waals surface area (Å²) in [5.41, 5.74) is -0.200. The molecule has 2 aromatic heterocycles. The maximum absolute atomic E-state index is 13.1. The van der Waals surface area contributed by atoms with Crippen molar-refractivity contribution in [1.82, 2.24) is 24.5 Å². The maximum Gasteiger partial charge on any atom is 0.436 e. The van der Waals surface area contributed by atoms with Crippen LogP contribution in [0.15, 0.2) is 30.6 Å². The first-order valence-corrected chi connectivity index (χ1v) is 9.35. The second-order valence-electron chi connectivity index (χ2n) is 6.92. The fraction of sp³-hybridized carbons (Fsp3) is 0.333. The van der Waals surface area contributed by atoms with Crippen molar-refractivity contribution in [2.24, 2.45) is 0 Å². The van der Waals surface area contributed by atoms with Crippen LogP contribution in [0.3, 0.4) is 0 Å². The molecule has 3 aromatic rings. The highest BCUT2D eigenvalue weighted by Gasteiger charge is 2.42. The third-order valence-electron chi connectivity index (χ3n) is 4.50. The number of carbonyl (C=O) groups is 1. The first-order chi connectivity index (χ1) is 14.2. The number of hydrogen-bond acceptors (Lipinski definition) is 4. The van der Waals surface area contributed by atoms with Gasteiger partial charge in [-0.25, -0.2) is 14.1 Å². The largest absolute Gasteiger partial charge is 0.436 e. The number of carbonyl (C=O) groups excluding carboxylic acids is 1. The first kappa shape index (κ1) is 20.3. The van der Waals surface area contributed by atoms with Crippen LogP contribution in [0.4, 0.5) is 23.5 Å². The van der Waals surface area contributed by atoms with Crippen LogP contribution in [0.1, 0.15) is 35.7 Å². The number of aromatic nitrogens is 5. The highest BCUT2D eigenvalue weighted by atomic mass is 35.5. The van der Waals surface area contributed by atoms with Gasteiger partial charge < -0.3 is 0 Å². The van der Waals surface area contributed by atoms with Crippen molar-refractivity contribution >= 4 is 23.5 Å². The Balaban J connectivity index is 1.44. The van der Waals surface area contributed by atoms with Crippen LogP contribution < -0.4 is 5.32 Å². The van der Waals surface area contributed by atoms with Gasteiger partial charge in [-0.05, 0) is 30.5 Å². The zero-order valence-electron chi connectivity index (χ0n) is 15.3. The van der Waals surface area contributed by atoms with Crippen LogP contribution in [-0.4, -0.2) is 30.5 Å². The molecule has 0 atom stereocenters. The van der Waals surface area contributed by atoms with Gasteiger partial charge in [0.25, 0.3) is 0 Å². The number of halogens is 5. The Morgan fingerprint density at radius 2 is 1.90 bits per heavy atom. The Labute approximate surface area is 172 Å². The van der Waals surface area contributed by atoms with E-state index in [1.165, 1.54) is 23.1 Å². The molecule has 1 saturated carbocycles. The van der Waals surface area contributed by atoms with Crippen LogP contribution in [-0.2, 0) is 24.1 Å². The van der Waals surface area contributed by atoms with Crippen LogP contribution in [0.2, 0.25) is 5.02 Å². The summed E-state index contributed by atoms with van der Waals surface area (Å²) in [6.45, 7) is -0.146. The summed E-state index contributed by atoms with van der Waals surface area (Å²) < 4.78 is 54.7. The molecule has 0 saturated heterocycles. The summed E-state index contributed by atoms with van der Waals surface area (Å²) in [5, 5.41) is 9.57. The molecule has 0 unspecified atom stereocenters. The first-order valence-electron chi connectivity index (χ1n) is 8.98. The van der Waals surface area contributed by atoms with Crippen molar-refractivity contribution < 1.29 is 22.4 Å². The fourth-order valence-corrected chi connectivity index (χ4v) is 3.40. The Hall–Kier alpha value is -2.95. The second kappa shape index (κ2) is 7.71. The number of rotatable bonds is 6. The minimum atomic E-state index is -4.71. The van der Waals surface area contributed by atoms with Gasteiger partial charge in [-0.2, -0.15) is 18.3 Å². The smallest absolute Gasteiger partial charge is 0.292 e. The van der Waals surface area contributed by atoms with Gasteiger partial charge in [-0.3, -0.25) is 14.8 Å². The number of alkyl halides is 3. The van der Waals surface area contributed by atoms with E-state index in [0.717, 1.165) is 10.2 Å². The van der Waals surface area contributed by atoms with E-state index in [-0.39, 0.29) is 23.4 Å². The number of amides is 1. The lowest BCUT2D eigenvalue weighted by atomic mass is 10.2. The normalized spacial score (nSPS) is 14.2. The Morgan fingerprint density at radius 3 is 2.53 bits per heavy atom. The molecule has 1 aliphatic carbocycles. The van der Waals surface area contributed by atoms with Gasteiger partial charge >= 0.3 is 6.18 Å². The number of anilines is 1. The van der Waals surface area contributed by atoms with Crippen molar-refractivity contribution in [3.63, 3.8) is 0 Å². The zero-order valence-corrected chi connectivity index (χ0v) is 16.1. The molecule has 1 amide bonds. The molecule has 0 bridgehead atoms. The lowest BCUT2D eigenvalue weighted by molar-refractivity contribution is -0.141. The SMILES string of the molecule is O=C(Cn1nc(C(F)(F)F)c(Cl)c1C1CC1)Nc1ncn(Cc2ccc(F)cc2)n1. The molecule has 1 aromatic carbocycles. The molecule has 0 radical (unpaired) electrons. The standard InChI is InChI=1S/C18H15ClF4N6O/c19-14-15(11-3-4-11)29(26-16(14)18(21,22)23)8-13(30)25-17-24-9-28(27-17)7-10-1-5-12(20)6-2-10/h1-2,5-6,9,11H,3-4,7-8H2,(H,25,27,30). The number of benzene rings is 1. The van der Waals surface area contributed by atoms with Crippen molar-refractivity contribution in [1.29, 1.82) is 0 Å². The van der Waals surface area contributed by atoms with Gasteiger partial charge in [0, 0.05) is 5.92 Å². The third-order valence-corrected chi connectivity index (χ3v) is 4.88. The van der Waals surface area contributed by atoms with Gasteiger partial charge in [-0.1, -0.05) is 23.7 Å². The molecule has 12 heteroatoms. The molecular weight excluding hydrogens is 428 g/mol. The summed E-state index contributed by atoms with van der Waals surface area (Å²) in [5.74, 6) is -1.14. The van der Waals surface area contributed by atoms with E-state index in [0.29, 0.717) is 19.4 Å². The van der Waals surface area contributed by atoms with Gasteiger partial charge in [0.15, 0.2) is 5.69 Å². The Bertz CT molecular complexity index is 1070. The van der Waals surface area contributed by atoms with Crippen molar-refractivity contribution in [3.05, 3.63) is 58.4 Å². The van der Waals surface area contributed by atoms with Crippen molar-refractivity contribution in [3.8, 4) is 0 Å². The molecule has 30 heavy (non-hydrogen) atoms. The molecule has 1 fully saturated rings. The van der Waals surface area contributed by atoms with E-state index in [1.54, 1.807) is 12.1 Å². The van der Waals surface area contributed by atoms with E-state index in [2.05, 4.69) is 20.5 Å². The molecule has 2 heterocycles. The lowest BCUT2D eigenvalue weighted by Crippen LogP contribution is -2.22. The highest BCUT2D eigenvalue weighted by molar-refractivity contribution is 6.32. The summed E-state index contributed by atoms with van der Waals surface area (Å²) in [4.78, 5) is 16.3. The second-order valence-corrected chi connectivity index (χ2v) is 7.30. The van der Waals surface area contributed by atoms with Crippen LogP contribution in [0.25, 0.3) is 0 Å². The summed E-state index contributed by atoms with van der Waals surface area (Å²) >= 11 is 5.90. The van der Waals surface area contributed by atoms with Gasteiger partial charge in [-0.15, -0.1) is 5.10 Å². The lowest BCUT2D eigenvalue weighted by Gasteiger charge is -2.06. The van der Waals surface area contributed by atoms with E-state index < -0.39 is 29.3 Å². The summed E-state index contributed by atoms with van der Waals surface area (Å²) in [7, 11) is 0. The summed E-state index contributed by atoms with van der Waals surface area (Å²) in [6, 6.07) is 5.82. The molecule has 4 rings (SSSR count). The zero-order chi connectivity index (χ0) is 21.5. The van der Waals surface area contributed by atoms with E-state index in [9.17, 15) is 22.4 Å². The van der Waals surface area contributed by atoms with Crippen molar-refractivity contribution in [2.45, 2.75) is 38.0 Å². The molecule has 0 spiro atoms. The number of nitrogens with one attached hydrogen (secondary N) is 1. The average molecular weight is 443 g/mol. The third kappa shape index (κ3) is 4.45. The molecule has 0 aliphatic heterocycles. The van der Waals surface area contributed by atoms with E-state index in [1.807, 2.05) is 0 Å². The summed E-state index contributed by atoms with van der Waals surface area (Å²) in [6.07, 6.45) is -1.94. The average Bonchev–Trinajstić information content (AvgIpc) is 3.31. The monoisotopic (exact) mass is 442 g/mol. The molecule has 1 N–H and O–H groups in total. The van der Waals surface area contributed by atoms with Crippen LogP contribution in [0, 0.1) is 5.82 Å². The predicted molar refractivity (Wildman–Crippen MR) is 98.4 cm³/mol. The van der Waals surface area contributed by atoms with Crippen LogP contribution >= 0.6 is 11.6 Å². The van der Waals surface area contributed by atoms with E-state index >= 15 is 0 Å². The maximum atomic E-state index is 13.1. The Kier molecular flexibility index (Phi) is 5.22. The molecule has 7 nitrogen and oxygen atoms in total. The number of hydrogen-bond donors (Lipinski definition) is 1. The minimum Gasteiger partial charge on any atom is -0.292 e. The number of nitrogens with zero attached hydrogens (tertiary/aromatic N) is 5.